The van der Waals surface area contributed by atoms with Crippen molar-refractivity contribution >= 4 is 5.91 Å². The Balaban J connectivity index is 1.69. The first kappa shape index (κ1) is 16.5. The molecule has 1 aromatic carbocycles. The van der Waals surface area contributed by atoms with E-state index in [0.29, 0.717) is 32.0 Å². The van der Waals surface area contributed by atoms with Crippen LogP contribution >= 0.6 is 0 Å². The SMILES string of the molecule is CCCc1noc(C2CC(=O)N(Cc3ccccc3OCC)C2)n1. The Kier molecular flexibility index (Phi) is 5.13. The van der Waals surface area contributed by atoms with Gasteiger partial charge in [0, 0.05) is 31.5 Å². The molecule has 3 rings (SSSR count). The molecule has 24 heavy (non-hydrogen) atoms. The maximum absolute atomic E-state index is 12.4. The van der Waals surface area contributed by atoms with E-state index in [1.54, 1.807) is 0 Å². The molecule has 1 fully saturated rings. The second-order valence-corrected chi connectivity index (χ2v) is 6.01. The van der Waals surface area contributed by atoms with Crippen LogP contribution in [-0.4, -0.2) is 34.1 Å². The van der Waals surface area contributed by atoms with Crippen molar-refractivity contribution in [2.45, 2.75) is 45.6 Å². The van der Waals surface area contributed by atoms with Gasteiger partial charge in [0.25, 0.3) is 0 Å². The van der Waals surface area contributed by atoms with Gasteiger partial charge in [-0.15, -0.1) is 0 Å². The van der Waals surface area contributed by atoms with E-state index in [1.807, 2.05) is 36.1 Å². The number of nitrogens with zero attached hydrogens (tertiary/aromatic N) is 3. The van der Waals surface area contributed by atoms with Gasteiger partial charge in [0.15, 0.2) is 5.82 Å². The van der Waals surface area contributed by atoms with E-state index < -0.39 is 0 Å². The fourth-order valence-electron chi connectivity index (χ4n) is 2.99. The van der Waals surface area contributed by atoms with Crippen molar-refractivity contribution in [3.05, 3.63) is 41.5 Å². The molecule has 1 amide bonds. The molecule has 2 heterocycles. The average molecular weight is 329 g/mol. The van der Waals surface area contributed by atoms with Gasteiger partial charge >= 0.3 is 0 Å². The van der Waals surface area contributed by atoms with Crippen LogP contribution in [0.2, 0.25) is 0 Å². The molecule has 0 N–H and O–H groups in total. The molecule has 128 valence electrons. The maximum Gasteiger partial charge on any atom is 0.232 e. The summed E-state index contributed by atoms with van der Waals surface area (Å²) in [7, 11) is 0. The molecule has 1 unspecified atom stereocenters. The number of hydrogen-bond donors (Lipinski definition) is 0. The summed E-state index contributed by atoms with van der Waals surface area (Å²) < 4.78 is 11.0. The van der Waals surface area contributed by atoms with Crippen molar-refractivity contribution in [3.8, 4) is 5.75 Å². The van der Waals surface area contributed by atoms with Crippen LogP contribution in [0, 0.1) is 0 Å². The lowest BCUT2D eigenvalue weighted by molar-refractivity contribution is -0.128. The van der Waals surface area contributed by atoms with Gasteiger partial charge in [0.05, 0.1) is 12.5 Å². The number of likely N-dealkylation sites (tertiary alicyclic amines) is 1. The van der Waals surface area contributed by atoms with Crippen LogP contribution in [0.5, 0.6) is 5.75 Å². The molecule has 0 spiro atoms. The number of para-hydroxylation sites is 1. The summed E-state index contributed by atoms with van der Waals surface area (Å²) in [6.45, 7) is 5.79. The van der Waals surface area contributed by atoms with Gasteiger partial charge in [0.1, 0.15) is 5.75 Å². The summed E-state index contributed by atoms with van der Waals surface area (Å²) in [6.07, 6.45) is 2.20. The number of aromatic nitrogens is 2. The van der Waals surface area contributed by atoms with Gasteiger partial charge in [-0.05, 0) is 19.4 Å². The third-order valence-electron chi connectivity index (χ3n) is 4.15. The normalized spacial score (nSPS) is 17.5. The fraction of sp³-hybridized carbons (Fsp3) is 0.500. The van der Waals surface area contributed by atoms with Gasteiger partial charge in [-0.2, -0.15) is 4.98 Å². The van der Waals surface area contributed by atoms with Crippen LogP contribution in [0.3, 0.4) is 0 Å². The van der Waals surface area contributed by atoms with Gasteiger partial charge in [0.2, 0.25) is 11.8 Å². The molecule has 2 aromatic rings. The number of hydrogen-bond acceptors (Lipinski definition) is 5. The lowest BCUT2D eigenvalue weighted by atomic mass is 10.1. The van der Waals surface area contributed by atoms with Gasteiger partial charge in [-0.1, -0.05) is 30.3 Å². The average Bonchev–Trinajstić information content (AvgIpc) is 3.17. The Morgan fingerprint density at radius 3 is 2.96 bits per heavy atom. The lowest BCUT2D eigenvalue weighted by Crippen LogP contribution is -2.24. The largest absolute Gasteiger partial charge is 0.494 e. The predicted molar refractivity (Wildman–Crippen MR) is 88.7 cm³/mol. The number of ether oxygens (including phenoxy) is 1. The van der Waals surface area contributed by atoms with Crippen LogP contribution in [0.1, 0.15) is 49.9 Å². The number of aryl methyl sites for hydroxylation is 1. The Morgan fingerprint density at radius 1 is 1.33 bits per heavy atom. The number of rotatable bonds is 7. The number of carbonyl (C=O) groups excluding carboxylic acids is 1. The highest BCUT2D eigenvalue weighted by Gasteiger charge is 2.34. The van der Waals surface area contributed by atoms with E-state index >= 15 is 0 Å². The first-order chi connectivity index (χ1) is 11.7. The van der Waals surface area contributed by atoms with Crippen LogP contribution < -0.4 is 4.74 Å². The summed E-state index contributed by atoms with van der Waals surface area (Å²) in [5.74, 6) is 2.23. The molecule has 6 nitrogen and oxygen atoms in total. The molecule has 1 aliphatic rings. The molecule has 1 saturated heterocycles. The number of benzene rings is 1. The highest BCUT2D eigenvalue weighted by Crippen LogP contribution is 2.30. The molecule has 0 bridgehead atoms. The van der Waals surface area contributed by atoms with Crippen molar-refractivity contribution in [2.75, 3.05) is 13.2 Å². The zero-order valence-electron chi connectivity index (χ0n) is 14.2. The minimum absolute atomic E-state index is 0.0186. The number of amides is 1. The molecular weight excluding hydrogens is 306 g/mol. The Morgan fingerprint density at radius 2 is 2.17 bits per heavy atom. The smallest absolute Gasteiger partial charge is 0.232 e. The first-order valence-corrected chi connectivity index (χ1v) is 8.52. The highest BCUT2D eigenvalue weighted by molar-refractivity contribution is 5.79. The second kappa shape index (κ2) is 7.47. The number of carbonyl (C=O) groups is 1. The molecule has 0 saturated carbocycles. The molecule has 1 aromatic heterocycles. The quantitative estimate of drug-likeness (QED) is 0.781. The summed E-state index contributed by atoms with van der Waals surface area (Å²) in [6, 6.07) is 7.84. The van der Waals surface area contributed by atoms with Crippen molar-refractivity contribution < 1.29 is 14.1 Å². The van der Waals surface area contributed by atoms with Crippen molar-refractivity contribution in [3.63, 3.8) is 0 Å². The van der Waals surface area contributed by atoms with E-state index in [1.165, 1.54) is 0 Å². The molecule has 1 atom stereocenters. The Labute approximate surface area is 141 Å². The zero-order valence-corrected chi connectivity index (χ0v) is 14.2. The summed E-state index contributed by atoms with van der Waals surface area (Å²) in [4.78, 5) is 18.6. The fourth-order valence-corrected chi connectivity index (χ4v) is 2.99. The van der Waals surface area contributed by atoms with Crippen LogP contribution in [-0.2, 0) is 17.8 Å². The monoisotopic (exact) mass is 329 g/mol. The van der Waals surface area contributed by atoms with Gasteiger partial charge < -0.3 is 14.2 Å². The van der Waals surface area contributed by atoms with E-state index in [9.17, 15) is 4.79 Å². The lowest BCUT2D eigenvalue weighted by Gasteiger charge is -2.18. The van der Waals surface area contributed by atoms with Gasteiger partial charge in [-0.3, -0.25) is 4.79 Å². The van der Waals surface area contributed by atoms with E-state index in [2.05, 4.69) is 17.1 Å². The van der Waals surface area contributed by atoms with Crippen LogP contribution in [0.4, 0.5) is 0 Å². The van der Waals surface area contributed by atoms with E-state index in [0.717, 1.165) is 30.0 Å². The van der Waals surface area contributed by atoms with Crippen molar-refractivity contribution in [2.24, 2.45) is 0 Å². The summed E-state index contributed by atoms with van der Waals surface area (Å²) in [5, 5.41) is 3.99. The summed E-state index contributed by atoms with van der Waals surface area (Å²) >= 11 is 0. The molecule has 6 heteroatoms. The Hall–Kier alpha value is -2.37. The van der Waals surface area contributed by atoms with E-state index in [4.69, 9.17) is 9.26 Å². The molecule has 0 radical (unpaired) electrons. The van der Waals surface area contributed by atoms with Crippen LogP contribution in [0.25, 0.3) is 0 Å². The predicted octanol–water partition coefficient (Wildman–Crippen LogP) is 2.94. The first-order valence-electron chi connectivity index (χ1n) is 8.52. The minimum atomic E-state index is -0.0186. The highest BCUT2D eigenvalue weighted by atomic mass is 16.5. The Bertz CT molecular complexity index is 698. The minimum Gasteiger partial charge on any atom is -0.494 e. The van der Waals surface area contributed by atoms with Crippen molar-refractivity contribution in [1.82, 2.24) is 15.0 Å². The van der Waals surface area contributed by atoms with Gasteiger partial charge in [-0.25, -0.2) is 0 Å². The third-order valence-corrected chi connectivity index (χ3v) is 4.15. The standard InChI is InChI=1S/C18H23N3O3/c1-3-7-16-19-18(24-20-16)14-10-17(22)21(12-14)11-13-8-5-6-9-15(13)23-4-2/h5-6,8-9,14H,3-4,7,10-12H2,1-2H3. The molecule has 0 aliphatic carbocycles. The van der Waals surface area contributed by atoms with Crippen LogP contribution in [0.15, 0.2) is 28.8 Å². The molecular formula is C18H23N3O3. The van der Waals surface area contributed by atoms with Crippen molar-refractivity contribution in [1.29, 1.82) is 0 Å². The zero-order chi connectivity index (χ0) is 16.9. The molecule has 1 aliphatic heterocycles. The second-order valence-electron chi connectivity index (χ2n) is 6.01. The topological polar surface area (TPSA) is 68.5 Å². The third kappa shape index (κ3) is 3.58. The maximum atomic E-state index is 12.4. The summed E-state index contributed by atoms with van der Waals surface area (Å²) in [5.41, 5.74) is 1.02. The van der Waals surface area contributed by atoms with E-state index in [-0.39, 0.29) is 11.8 Å².